The fourth-order valence-electron chi connectivity index (χ4n) is 4.74. The summed E-state index contributed by atoms with van der Waals surface area (Å²) in [7, 11) is 1.65. The molecule has 5 rings (SSSR count). The van der Waals surface area contributed by atoms with Crippen LogP contribution < -0.4 is 10.1 Å². The SMILES string of the molecule is COc1cccc2c(C(O)CN3CCC(NCc4ccc5ccccc5n4)CC3)ccnc12. The molecule has 0 saturated carbocycles. The van der Waals surface area contributed by atoms with Crippen LogP contribution in [-0.4, -0.2) is 52.8 Å². The Balaban J connectivity index is 1.16. The number of aromatic nitrogens is 2. The minimum Gasteiger partial charge on any atom is -0.494 e. The summed E-state index contributed by atoms with van der Waals surface area (Å²) in [4.78, 5) is 11.6. The lowest BCUT2D eigenvalue weighted by atomic mass is 10.0. The van der Waals surface area contributed by atoms with Crippen LogP contribution >= 0.6 is 0 Å². The quantitative estimate of drug-likeness (QED) is 0.450. The number of ether oxygens (including phenoxy) is 1. The van der Waals surface area contributed by atoms with Crippen LogP contribution in [0.5, 0.6) is 5.75 Å². The van der Waals surface area contributed by atoms with Crippen LogP contribution in [0.4, 0.5) is 0 Å². The van der Waals surface area contributed by atoms with Gasteiger partial charge in [0.1, 0.15) is 11.3 Å². The van der Waals surface area contributed by atoms with Crippen molar-refractivity contribution in [1.82, 2.24) is 20.2 Å². The van der Waals surface area contributed by atoms with Crippen LogP contribution in [-0.2, 0) is 6.54 Å². The molecule has 0 bridgehead atoms. The molecule has 2 aromatic carbocycles. The average molecular weight is 443 g/mol. The van der Waals surface area contributed by atoms with Crippen LogP contribution in [0, 0.1) is 0 Å². The molecule has 33 heavy (non-hydrogen) atoms. The van der Waals surface area contributed by atoms with Crippen LogP contribution in [0.3, 0.4) is 0 Å². The molecule has 1 aliphatic rings. The number of fused-ring (bicyclic) bond motifs is 2. The maximum atomic E-state index is 11.0. The van der Waals surface area contributed by atoms with Crippen molar-refractivity contribution in [2.45, 2.75) is 31.5 Å². The number of nitrogens with zero attached hydrogens (tertiary/aromatic N) is 3. The molecule has 1 unspecified atom stereocenters. The van der Waals surface area contributed by atoms with Crippen molar-refractivity contribution < 1.29 is 9.84 Å². The lowest BCUT2D eigenvalue weighted by Crippen LogP contribution is -2.43. The summed E-state index contributed by atoms with van der Waals surface area (Å²) in [6.45, 7) is 3.33. The summed E-state index contributed by atoms with van der Waals surface area (Å²) in [5, 5.41) is 16.8. The van der Waals surface area contributed by atoms with E-state index >= 15 is 0 Å². The largest absolute Gasteiger partial charge is 0.494 e. The van der Waals surface area contributed by atoms with Gasteiger partial charge >= 0.3 is 0 Å². The van der Waals surface area contributed by atoms with Gasteiger partial charge in [-0.15, -0.1) is 0 Å². The summed E-state index contributed by atoms with van der Waals surface area (Å²) >= 11 is 0. The first-order valence-electron chi connectivity index (χ1n) is 11.6. The number of β-amino-alcohol motifs (C(OH)–C–C–N with tert-alkyl or cyclic N) is 1. The first-order valence-corrected chi connectivity index (χ1v) is 11.6. The third-order valence-corrected chi connectivity index (χ3v) is 6.59. The molecule has 3 heterocycles. The van der Waals surface area contributed by atoms with Gasteiger partial charge in [0.25, 0.3) is 0 Å². The van der Waals surface area contributed by atoms with Gasteiger partial charge in [-0.2, -0.15) is 0 Å². The summed E-state index contributed by atoms with van der Waals surface area (Å²) in [6.07, 6.45) is 3.31. The second-order valence-electron chi connectivity index (χ2n) is 8.72. The molecule has 6 heteroatoms. The second-order valence-corrected chi connectivity index (χ2v) is 8.72. The fourth-order valence-corrected chi connectivity index (χ4v) is 4.74. The smallest absolute Gasteiger partial charge is 0.145 e. The van der Waals surface area contributed by atoms with Gasteiger partial charge in [-0.25, -0.2) is 0 Å². The van der Waals surface area contributed by atoms with E-state index < -0.39 is 6.10 Å². The predicted molar refractivity (Wildman–Crippen MR) is 131 cm³/mol. The Morgan fingerprint density at radius 1 is 1.06 bits per heavy atom. The predicted octanol–water partition coefficient (Wildman–Crippen LogP) is 4.08. The Labute approximate surface area is 194 Å². The van der Waals surface area contributed by atoms with E-state index in [1.54, 1.807) is 13.3 Å². The van der Waals surface area contributed by atoms with Crippen LogP contribution in [0.1, 0.15) is 30.2 Å². The van der Waals surface area contributed by atoms with Crippen molar-refractivity contribution >= 4 is 21.8 Å². The molecular weight excluding hydrogens is 412 g/mol. The Kier molecular flexibility index (Phi) is 6.48. The standard InChI is InChI=1S/C27H30N4O2/c1-33-26-8-4-6-23-22(11-14-28-27(23)26)25(32)18-31-15-12-20(13-16-31)29-17-21-10-9-19-5-2-3-7-24(19)30-21/h2-11,14,20,25,29,32H,12-13,15-18H2,1H3. The average Bonchev–Trinajstić information content (AvgIpc) is 2.87. The van der Waals surface area contributed by atoms with Gasteiger partial charge in [0, 0.05) is 36.1 Å². The number of rotatable bonds is 7. The first kappa shape index (κ1) is 21.8. The van der Waals surface area contributed by atoms with E-state index in [0.29, 0.717) is 12.6 Å². The normalized spacial score (nSPS) is 16.3. The maximum absolute atomic E-state index is 11.0. The highest BCUT2D eigenvalue weighted by Crippen LogP contribution is 2.29. The molecule has 1 aliphatic heterocycles. The van der Waals surface area contributed by atoms with E-state index in [4.69, 9.17) is 9.72 Å². The topological polar surface area (TPSA) is 70.5 Å². The van der Waals surface area contributed by atoms with Gasteiger partial charge < -0.3 is 20.1 Å². The van der Waals surface area contributed by atoms with Crippen molar-refractivity contribution in [2.24, 2.45) is 0 Å². The Morgan fingerprint density at radius 3 is 2.76 bits per heavy atom. The molecule has 1 saturated heterocycles. The van der Waals surface area contributed by atoms with E-state index in [0.717, 1.165) is 65.9 Å². The Hall–Kier alpha value is -3.06. The van der Waals surface area contributed by atoms with Gasteiger partial charge in [-0.05, 0) is 55.8 Å². The van der Waals surface area contributed by atoms with E-state index in [-0.39, 0.29) is 0 Å². The fraction of sp³-hybridized carbons (Fsp3) is 0.333. The number of hydrogen-bond acceptors (Lipinski definition) is 6. The second kappa shape index (κ2) is 9.83. The van der Waals surface area contributed by atoms with Crippen molar-refractivity contribution in [3.8, 4) is 5.75 Å². The van der Waals surface area contributed by atoms with E-state index in [9.17, 15) is 5.11 Å². The van der Waals surface area contributed by atoms with Crippen molar-refractivity contribution in [3.63, 3.8) is 0 Å². The van der Waals surface area contributed by atoms with Gasteiger partial charge in [0.2, 0.25) is 0 Å². The third-order valence-electron chi connectivity index (χ3n) is 6.59. The zero-order chi connectivity index (χ0) is 22.6. The summed E-state index contributed by atoms with van der Waals surface area (Å²) in [6, 6.07) is 20.7. The number of aliphatic hydroxyl groups is 1. The highest BCUT2D eigenvalue weighted by Gasteiger charge is 2.22. The number of para-hydroxylation sites is 2. The molecule has 0 aliphatic carbocycles. The summed E-state index contributed by atoms with van der Waals surface area (Å²) < 4.78 is 5.43. The van der Waals surface area contributed by atoms with E-state index in [2.05, 4.69) is 39.5 Å². The molecular formula is C27H30N4O2. The van der Waals surface area contributed by atoms with Crippen molar-refractivity contribution in [1.29, 1.82) is 0 Å². The van der Waals surface area contributed by atoms with Gasteiger partial charge in [0.15, 0.2) is 0 Å². The Morgan fingerprint density at radius 2 is 1.91 bits per heavy atom. The molecule has 2 aromatic heterocycles. The zero-order valence-electron chi connectivity index (χ0n) is 18.9. The lowest BCUT2D eigenvalue weighted by molar-refractivity contribution is 0.0948. The third kappa shape index (κ3) is 4.83. The highest BCUT2D eigenvalue weighted by atomic mass is 16.5. The number of likely N-dealkylation sites (tertiary alicyclic amines) is 1. The number of nitrogens with one attached hydrogen (secondary N) is 1. The number of piperidine rings is 1. The number of pyridine rings is 2. The van der Waals surface area contributed by atoms with Crippen LogP contribution in [0.25, 0.3) is 21.8 Å². The Bertz CT molecular complexity index is 1240. The first-order chi connectivity index (χ1) is 16.2. The molecule has 170 valence electrons. The van der Waals surface area contributed by atoms with Crippen molar-refractivity contribution in [2.75, 3.05) is 26.7 Å². The van der Waals surface area contributed by atoms with Crippen LogP contribution in [0.2, 0.25) is 0 Å². The van der Waals surface area contributed by atoms with Crippen molar-refractivity contribution in [3.05, 3.63) is 78.1 Å². The number of methoxy groups -OCH3 is 1. The molecule has 1 atom stereocenters. The minimum atomic E-state index is -0.561. The highest BCUT2D eigenvalue weighted by molar-refractivity contribution is 5.87. The zero-order valence-corrected chi connectivity index (χ0v) is 18.9. The van der Waals surface area contributed by atoms with E-state index in [1.807, 2.05) is 36.4 Å². The molecule has 2 N–H and O–H groups in total. The monoisotopic (exact) mass is 442 g/mol. The molecule has 0 radical (unpaired) electrons. The summed E-state index contributed by atoms with van der Waals surface area (Å²) in [5.74, 6) is 0.731. The number of benzene rings is 2. The molecule has 1 fully saturated rings. The molecule has 0 spiro atoms. The van der Waals surface area contributed by atoms with Gasteiger partial charge in [-0.1, -0.05) is 36.4 Å². The number of hydrogen-bond donors (Lipinski definition) is 2. The molecule has 4 aromatic rings. The minimum absolute atomic E-state index is 0.470. The lowest BCUT2D eigenvalue weighted by Gasteiger charge is -2.33. The van der Waals surface area contributed by atoms with Crippen LogP contribution in [0.15, 0.2) is 66.9 Å². The van der Waals surface area contributed by atoms with Gasteiger partial charge in [0.05, 0.1) is 24.4 Å². The van der Waals surface area contributed by atoms with E-state index in [1.165, 1.54) is 5.39 Å². The maximum Gasteiger partial charge on any atom is 0.145 e. The number of aliphatic hydroxyl groups excluding tert-OH is 1. The molecule has 6 nitrogen and oxygen atoms in total. The summed E-state index contributed by atoms with van der Waals surface area (Å²) in [5.41, 5.74) is 3.82. The van der Waals surface area contributed by atoms with Gasteiger partial charge in [-0.3, -0.25) is 9.97 Å². The molecule has 0 amide bonds.